The highest BCUT2D eigenvalue weighted by Gasteiger charge is 2.30. The number of benzene rings is 3. The maximum atomic E-state index is 13.8. The highest BCUT2D eigenvalue weighted by Crippen LogP contribution is 2.24. The molecule has 0 aliphatic heterocycles. The third-order valence-corrected chi connectivity index (χ3v) is 7.29. The fourth-order valence-corrected chi connectivity index (χ4v) is 4.98. The topological polar surface area (TPSA) is 145 Å². The number of hydrogen-bond donors (Lipinski definition) is 3. The summed E-state index contributed by atoms with van der Waals surface area (Å²) in [5, 5.41) is 9.71. The normalized spacial score (nSPS) is 11.9. The van der Waals surface area contributed by atoms with Crippen LogP contribution in [0.25, 0.3) is 0 Å². The predicted molar refractivity (Wildman–Crippen MR) is 164 cm³/mol. The van der Waals surface area contributed by atoms with Crippen LogP contribution in [0, 0.1) is 6.92 Å². The minimum absolute atomic E-state index is 0.00304. The summed E-state index contributed by atoms with van der Waals surface area (Å²) in [5.74, 6) is -1.24. The van der Waals surface area contributed by atoms with Crippen LogP contribution in [0.4, 0.5) is 9.93 Å². The van der Waals surface area contributed by atoms with Gasteiger partial charge in [0.05, 0.1) is 14.2 Å². The number of nitrogens with one attached hydrogen (secondary N) is 3. The maximum absolute atomic E-state index is 13.8. The molecule has 0 aliphatic rings. The van der Waals surface area contributed by atoms with Gasteiger partial charge in [-0.25, -0.2) is 14.6 Å². The van der Waals surface area contributed by atoms with Crippen LogP contribution in [-0.4, -0.2) is 49.1 Å². The average Bonchev–Trinajstić information content (AvgIpc) is 3.51. The molecular formula is C32H32N4O7S. The number of hydrogen-bond acceptors (Lipinski definition) is 9. The minimum Gasteiger partial charge on any atom is -0.496 e. The Kier molecular flexibility index (Phi) is 11.0. The lowest BCUT2D eigenvalue weighted by Gasteiger charge is -2.24. The minimum atomic E-state index is -1.21. The molecule has 1 aromatic heterocycles. The van der Waals surface area contributed by atoms with Gasteiger partial charge < -0.3 is 30.2 Å². The molecule has 11 nitrogen and oxygen atoms in total. The number of rotatable bonds is 12. The smallest absolute Gasteiger partial charge is 0.408 e. The van der Waals surface area contributed by atoms with Crippen molar-refractivity contribution in [1.29, 1.82) is 0 Å². The number of amides is 3. The summed E-state index contributed by atoms with van der Waals surface area (Å²) in [6.45, 7) is 1.82. The Morgan fingerprint density at radius 3 is 2.18 bits per heavy atom. The van der Waals surface area contributed by atoms with Gasteiger partial charge in [0.1, 0.15) is 24.4 Å². The van der Waals surface area contributed by atoms with Gasteiger partial charge in [0, 0.05) is 11.8 Å². The maximum Gasteiger partial charge on any atom is 0.408 e. The van der Waals surface area contributed by atoms with Crippen molar-refractivity contribution in [3.05, 3.63) is 112 Å². The number of esters is 1. The standard InChI is InChI=1S/C32H32N4O7S/c1-20-16-23(14-15-26(20)41-2)27(35-32(40)43-18-22-12-8-5-9-13-22)29(38)33-24(17-21-10-6-4-7-11-21)28(37)36-31-34-25(19-44-31)30(39)42-3/h4-16,19,24,27H,17-18H2,1-3H3,(H,33,38)(H,35,40)(H,34,36,37). The molecule has 1 heterocycles. The predicted octanol–water partition coefficient (Wildman–Crippen LogP) is 4.58. The molecule has 4 aromatic rings. The lowest BCUT2D eigenvalue weighted by Crippen LogP contribution is -2.50. The monoisotopic (exact) mass is 616 g/mol. The van der Waals surface area contributed by atoms with E-state index in [1.54, 1.807) is 18.2 Å². The first-order valence-corrected chi connectivity index (χ1v) is 14.5. The van der Waals surface area contributed by atoms with Gasteiger partial charge in [0.2, 0.25) is 11.8 Å². The molecule has 0 spiro atoms. The number of anilines is 1. The summed E-state index contributed by atoms with van der Waals surface area (Å²) in [4.78, 5) is 56.1. The van der Waals surface area contributed by atoms with Crippen LogP contribution in [0.3, 0.4) is 0 Å². The number of ether oxygens (including phenoxy) is 3. The van der Waals surface area contributed by atoms with E-state index in [4.69, 9.17) is 9.47 Å². The molecule has 0 saturated carbocycles. The van der Waals surface area contributed by atoms with Gasteiger partial charge >= 0.3 is 12.1 Å². The zero-order chi connectivity index (χ0) is 31.5. The van der Waals surface area contributed by atoms with Crippen LogP contribution in [0.1, 0.15) is 38.8 Å². The summed E-state index contributed by atoms with van der Waals surface area (Å²) in [6.07, 6.45) is -0.676. The Morgan fingerprint density at radius 1 is 0.864 bits per heavy atom. The van der Waals surface area contributed by atoms with Crippen molar-refractivity contribution < 1.29 is 33.4 Å². The first kappa shape index (κ1) is 31.7. The van der Waals surface area contributed by atoms with Crippen molar-refractivity contribution in [2.45, 2.75) is 32.0 Å². The van der Waals surface area contributed by atoms with Crippen molar-refractivity contribution in [1.82, 2.24) is 15.6 Å². The molecule has 2 unspecified atom stereocenters. The van der Waals surface area contributed by atoms with E-state index in [2.05, 4.69) is 25.7 Å². The Bertz CT molecular complexity index is 1590. The number of carbonyl (C=O) groups is 4. The molecule has 0 aliphatic carbocycles. The molecule has 3 N–H and O–H groups in total. The van der Waals surface area contributed by atoms with E-state index in [0.717, 1.165) is 28.0 Å². The number of methoxy groups -OCH3 is 2. The fraction of sp³-hybridized carbons (Fsp3) is 0.219. The van der Waals surface area contributed by atoms with Gasteiger partial charge in [-0.15, -0.1) is 11.3 Å². The van der Waals surface area contributed by atoms with E-state index in [0.29, 0.717) is 11.3 Å². The van der Waals surface area contributed by atoms with E-state index in [9.17, 15) is 19.2 Å². The molecule has 0 radical (unpaired) electrons. The van der Waals surface area contributed by atoms with E-state index in [1.807, 2.05) is 67.6 Å². The summed E-state index contributed by atoms with van der Waals surface area (Å²) in [6, 6.07) is 21.1. The Labute approximate surface area is 258 Å². The summed E-state index contributed by atoms with van der Waals surface area (Å²) >= 11 is 1.04. The van der Waals surface area contributed by atoms with Crippen LogP contribution in [0.5, 0.6) is 5.75 Å². The number of carbonyl (C=O) groups excluding carboxylic acids is 4. The Hall–Kier alpha value is -5.23. The third kappa shape index (κ3) is 8.65. The number of alkyl carbamates (subject to hydrolysis) is 1. The van der Waals surface area contributed by atoms with Crippen LogP contribution >= 0.6 is 11.3 Å². The van der Waals surface area contributed by atoms with E-state index < -0.39 is 36.0 Å². The molecule has 12 heteroatoms. The van der Waals surface area contributed by atoms with E-state index in [-0.39, 0.29) is 23.9 Å². The van der Waals surface area contributed by atoms with Crippen LogP contribution in [0.2, 0.25) is 0 Å². The van der Waals surface area contributed by atoms with Gasteiger partial charge in [-0.1, -0.05) is 66.7 Å². The van der Waals surface area contributed by atoms with Crippen molar-refractivity contribution in [2.75, 3.05) is 19.5 Å². The molecule has 4 rings (SSSR count). The molecule has 3 aromatic carbocycles. The van der Waals surface area contributed by atoms with Gasteiger partial charge in [-0.3, -0.25) is 9.59 Å². The second-order valence-corrected chi connectivity index (χ2v) is 10.5. The molecule has 0 fully saturated rings. The molecule has 44 heavy (non-hydrogen) atoms. The summed E-state index contributed by atoms with van der Waals surface area (Å²) in [5.41, 5.74) is 2.81. The van der Waals surface area contributed by atoms with Gasteiger partial charge in [0.25, 0.3) is 0 Å². The number of thiazole rings is 1. The first-order chi connectivity index (χ1) is 21.3. The van der Waals surface area contributed by atoms with E-state index >= 15 is 0 Å². The highest BCUT2D eigenvalue weighted by atomic mass is 32.1. The molecule has 228 valence electrons. The summed E-state index contributed by atoms with van der Waals surface area (Å²) in [7, 11) is 2.77. The fourth-order valence-electron chi connectivity index (χ4n) is 4.30. The average molecular weight is 617 g/mol. The Balaban J connectivity index is 1.57. The zero-order valence-corrected chi connectivity index (χ0v) is 25.2. The van der Waals surface area contributed by atoms with Crippen molar-refractivity contribution in [3.8, 4) is 5.75 Å². The van der Waals surface area contributed by atoms with Gasteiger partial charge in [-0.2, -0.15) is 0 Å². The molecule has 0 bridgehead atoms. The molecule has 0 saturated heterocycles. The lowest BCUT2D eigenvalue weighted by atomic mass is 10.0. The van der Waals surface area contributed by atoms with Crippen LogP contribution in [-0.2, 0) is 32.1 Å². The number of nitrogens with zero attached hydrogens (tertiary/aromatic N) is 1. The zero-order valence-electron chi connectivity index (χ0n) is 24.4. The SMILES string of the molecule is COC(=O)c1csc(NC(=O)C(Cc2ccccc2)NC(=O)C(NC(=O)OCc2ccccc2)c2ccc(OC)c(C)c2)n1. The molecule has 2 atom stereocenters. The molecular weight excluding hydrogens is 584 g/mol. The summed E-state index contributed by atoms with van der Waals surface area (Å²) < 4.78 is 15.4. The number of aryl methyl sites for hydroxylation is 1. The van der Waals surface area contributed by atoms with Crippen molar-refractivity contribution in [2.24, 2.45) is 0 Å². The second kappa shape index (κ2) is 15.3. The largest absolute Gasteiger partial charge is 0.496 e. The van der Waals surface area contributed by atoms with Gasteiger partial charge in [-0.05, 0) is 41.3 Å². The second-order valence-electron chi connectivity index (χ2n) is 9.64. The molecule has 3 amide bonds. The van der Waals surface area contributed by atoms with Crippen molar-refractivity contribution in [3.63, 3.8) is 0 Å². The van der Waals surface area contributed by atoms with Crippen molar-refractivity contribution >= 4 is 40.3 Å². The quantitative estimate of drug-likeness (QED) is 0.196. The highest BCUT2D eigenvalue weighted by molar-refractivity contribution is 7.14. The van der Waals surface area contributed by atoms with Crippen LogP contribution < -0.4 is 20.7 Å². The third-order valence-electron chi connectivity index (χ3n) is 6.53. The lowest BCUT2D eigenvalue weighted by molar-refractivity contribution is -0.128. The van der Waals surface area contributed by atoms with E-state index in [1.165, 1.54) is 19.6 Å². The van der Waals surface area contributed by atoms with Crippen LogP contribution in [0.15, 0.2) is 84.2 Å². The van der Waals surface area contributed by atoms with Gasteiger partial charge in [0.15, 0.2) is 10.8 Å². The first-order valence-electron chi connectivity index (χ1n) is 13.6. The Morgan fingerprint density at radius 2 is 1.55 bits per heavy atom. The number of aromatic nitrogens is 1.